The summed E-state index contributed by atoms with van der Waals surface area (Å²) in [5.74, 6) is -0.390. The molecule has 0 saturated heterocycles. The number of nitriles is 1. The van der Waals surface area contributed by atoms with Gasteiger partial charge in [0.2, 0.25) is 0 Å². The fourth-order valence-corrected chi connectivity index (χ4v) is 1.83. The van der Waals surface area contributed by atoms with E-state index in [0.717, 1.165) is 5.56 Å². The van der Waals surface area contributed by atoms with Gasteiger partial charge in [0.05, 0.1) is 5.69 Å². The Labute approximate surface area is 109 Å². The molecule has 0 saturated carbocycles. The van der Waals surface area contributed by atoms with Crippen molar-refractivity contribution in [3.05, 3.63) is 52.6 Å². The predicted molar refractivity (Wildman–Crippen MR) is 68.9 cm³/mol. The van der Waals surface area contributed by atoms with E-state index in [-0.39, 0.29) is 5.82 Å². The van der Waals surface area contributed by atoms with Crippen LogP contribution in [0.1, 0.15) is 11.3 Å². The summed E-state index contributed by atoms with van der Waals surface area (Å²) in [6.45, 7) is 0.452. The van der Waals surface area contributed by atoms with E-state index in [9.17, 15) is 4.39 Å². The fourth-order valence-electron chi connectivity index (χ4n) is 1.67. The molecule has 0 aliphatic carbocycles. The minimum Gasteiger partial charge on any atom is -0.379 e. The molecule has 1 aromatic heterocycles. The lowest BCUT2D eigenvalue weighted by Crippen LogP contribution is -2.00. The van der Waals surface area contributed by atoms with Gasteiger partial charge >= 0.3 is 0 Å². The molecule has 0 spiro atoms. The van der Waals surface area contributed by atoms with Crippen molar-refractivity contribution in [2.24, 2.45) is 7.05 Å². The first-order valence-corrected chi connectivity index (χ1v) is 5.72. The molecule has 3 nitrogen and oxygen atoms in total. The molecule has 0 bridgehead atoms. The molecule has 0 fully saturated rings. The van der Waals surface area contributed by atoms with Gasteiger partial charge in [-0.05, 0) is 29.8 Å². The first-order chi connectivity index (χ1) is 8.60. The summed E-state index contributed by atoms with van der Waals surface area (Å²) in [6, 6.07) is 8.31. The van der Waals surface area contributed by atoms with Gasteiger partial charge in [-0.2, -0.15) is 5.26 Å². The highest BCUT2D eigenvalue weighted by atomic mass is 35.5. The minimum absolute atomic E-state index is 0.365. The first-order valence-electron chi connectivity index (χ1n) is 5.34. The monoisotopic (exact) mass is 263 g/mol. The summed E-state index contributed by atoms with van der Waals surface area (Å²) in [5.41, 5.74) is 1.88. The first kappa shape index (κ1) is 12.5. The molecular formula is C13H11ClFN3. The molecule has 0 unspecified atom stereocenters. The van der Waals surface area contributed by atoms with E-state index in [4.69, 9.17) is 16.9 Å². The predicted octanol–water partition coefficient (Wildman–Crippen LogP) is 3.30. The van der Waals surface area contributed by atoms with E-state index in [1.54, 1.807) is 29.8 Å². The molecular weight excluding hydrogens is 253 g/mol. The molecule has 5 heteroatoms. The van der Waals surface area contributed by atoms with Crippen LogP contribution in [0.5, 0.6) is 0 Å². The Morgan fingerprint density at radius 2 is 2.22 bits per heavy atom. The zero-order chi connectivity index (χ0) is 13.1. The summed E-state index contributed by atoms with van der Waals surface area (Å²) in [5, 5.41) is 12.2. The maximum atomic E-state index is 13.5. The highest BCUT2D eigenvalue weighted by Crippen LogP contribution is 2.19. The molecule has 0 aliphatic rings. The number of nitrogens with zero attached hydrogens (tertiary/aromatic N) is 2. The van der Waals surface area contributed by atoms with E-state index in [1.807, 2.05) is 6.20 Å². The molecule has 0 amide bonds. The molecule has 1 aromatic carbocycles. The number of hydrogen-bond acceptors (Lipinski definition) is 2. The van der Waals surface area contributed by atoms with Crippen LogP contribution in [0.25, 0.3) is 0 Å². The average Bonchev–Trinajstić information content (AvgIpc) is 2.69. The van der Waals surface area contributed by atoms with Crippen LogP contribution in [0.2, 0.25) is 5.02 Å². The van der Waals surface area contributed by atoms with Crippen LogP contribution in [0.3, 0.4) is 0 Å². The normalized spacial score (nSPS) is 10.1. The van der Waals surface area contributed by atoms with Crippen LogP contribution in [0.4, 0.5) is 10.1 Å². The van der Waals surface area contributed by atoms with Gasteiger partial charge in [0, 0.05) is 24.8 Å². The summed E-state index contributed by atoms with van der Waals surface area (Å²) < 4.78 is 15.2. The molecule has 0 radical (unpaired) electrons. The van der Waals surface area contributed by atoms with Crippen LogP contribution in [0, 0.1) is 17.1 Å². The summed E-state index contributed by atoms with van der Waals surface area (Å²) in [4.78, 5) is 0. The van der Waals surface area contributed by atoms with E-state index < -0.39 is 0 Å². The number of aryl methyl sites for hydroxylation is 1. The van der Waals surface area contributed by atoms with Crippen molar-refractivity contribution in [1.82, 2.24) is 4.57 Å². The summed E-state index contributed by atoms with van der Waals surface area (Å²) in [6.07, 6.45) is 1.83. The number of aromatic nitrogens is 1. The molecule has 0 aliphatic heterocycles. The number of hydrogen-bond donors (Lipinski definition) is 1. The molecule has 1 N–H and O–H groups in total. The molecule has 2 rings (SSSR count). The van der Waals surface area contributed by atoms with E-state index >= 15 is 0 Å². The second-order valence-corrected chi connectivity index (χ2v) is 4.37. The third-order valence-corrected chi connectivity index (χ3v) is 2.83. The average molecular weight is 264 g/mol. The second kappa shape index (κ2) is 5.11. The Balaban J connectivity index is 2.09. The fraction of sp³-hybridized carbons (Fsp3) is 0.154. The van der Waals surface area contributed by atoms with Crippen LogP contribution in [0.15, 0.2) is 30.5 Å². The van der Waals surface area contributed by atoms with Crippen LogP contribution in [-0.2, 0) is 13.6 Å². The Morgan fingerprint density at radius 3 is 2.83 bits per heavy atom. The molecule has 18 heavy (non-hydrogen) atoms. The lowest BCUT2D eigenvalue weighted by Gasteiger charge is -2.06. The van der Waals surface area contributed by atoms with E-state index in [0.29, 0.717) is 22.9 Å². The van der Waals surface area contributed by atoms with Gasteiger partial charge < -0.3 is 9.88 Å². The van der Waals surface area contributed by atoms with Gasteiger partial charge in [0.25, 0.3) is 0 Å². The summed E-state index contributed by atoms with van der Waals surface area (Å²) >= 11 is 5.67. The molecule has 0 atom stereocenters. The Kier molecular flexibility index (Phi) is 3.54. The number of nitrogens with one attached hydrogen (secondary N) is 1. The van der Waals surface area contributed by atoms with Crippen molar-refractivity contribution in [2.75, 3.05) is 5.32 Å². The van der Waals surface area contributed by atoms with Gasteiger partial charge in [-0.3, -0.25) is 0 Å². The van der Waals surface area contributed by atoms with Crippen molar-refractivity contribution >= 4 is 17.3 Å². The topological polar surface area (TPSA) is 40.8 Å². The lowest BCUT2D eigenvalue weighted by atomic mass is 10.2. The number of anilines is 1. The van der Waals surface area contributed by atoms with Crippen molar-refractivity contribution in [3.63, 3.8) is 0 Å². The summed E-state index contributed by atoms with van der Waals surface area (Å²) in [7, 11) is 1.80. The van der Waals surface area contributed by atoms with Gasteiger partial charge in [-0.1, -0.05) is 11.6 Å². The molecule has 2 aromatic rings. The van der Waals surface area contributed by atoms with Crippen molar-refractivity contribution in [1.29, 1.82) is 5.26 Å². The van der Waals surface area contributed by atoms with Crippen molar-refractivity contribution in [3.8, 4) is 6.07 Å². The third-order valence-electron chi connectivity index (χ3n) is 2.59. The van der Waals surface area contributed by atoms with E-state index in [1.165, 1.54) is 6.07 Å². The zero-order valence-electron chi connectivity index (χ0n) is 9.74. The third kappa shape index (κ3) is 2.63. The Hall–Kier alpha value is -1.99. The highest BCUT2D eigenvalue weighted by molar-refractivity contribution is 6.30. The maximum absolute atomic E-state index is 13.5. The van der Waals surface area contributed by atoms with Crippen LogP contribution >= 0.6 is 11.6 Å². The molecule has 1 heterocycles. The van der Waals surface area contributed by atoms with Gasteiger partial charge in [-0.25, -0.2) is 4.39 Å². The van der Waals surface area contributed by atoms with Crippen LogP contribution in [-0.4, -0.2) is 4.57 Å². The largest absolute Gasteiger partial charge is 0.379 e. The SMILES string of the molecule is Cn1cc(CNc2ccc(Cl)cc2F)cc1C#N. The quantitative estimate of drug-likeness (QED) is 0.923. The standard InChI is InChI=1S/C13H11ClFN3/c1-18-8-9(4-11(18)6-16)7-17-13-3-2-10(14)5-12(13)15/h2-5,8,17H,7H2,1H3. The minimum atomic E-state index is -0.390. The Morgan fingerprint density at radius 1 is 1.44 bits per heavy atom. The lowest BCUT2D eigenvalue weighted by molar-refractivity contribution is 0.630. The smallest absolute Gasteiger partial charge is 0.147 e. The van der Waals surface area contributed by atoms with Gasteiger partial charge in [-0.15, -0.1) is 0 Å². The second-order valence-electron chi connectivity index (χ2n) is 3.93. The van der Waals surface area contributed by atoms with Gasteiger partial charge in [0.15, 0.2) is 0 Å². The number of rotatable bonds is 3. The number of benzene rings is 1. The molecule has 92 valence electrons. The Bertz CT molecular complexity index is 613. The van der Waals surface area contributed by atoms with E-state index in [2.05, 4.69) is 11.4 Å². The van der Waals surface area contributed by atoms with Crippen molar-refractivity contribution < 1.29 is 4.39 Å². The van der Waals surface area contributed by atoms with Gasteiger partial charge in [0.1, 0.15) is 17.6 Å². The maximum Gasteiger partial charge on any atom is 0.147 e. The zero-order valence-corrected chi connectivity index (χ0v) is 10.5. The van der Waals surface area contributed by atoms with Crippen molar-refractivity contribution in [2.45, 2.75) is 6.54 Å². The number of halogens is 2. The van der Waals surface area contributed by atoms with Crippen LogP contribution < -0.4 is 5.32 Å². The highest BCUT2D eigenvalue weighted by Gasteiger charge is 2.05.